The van der Waals surface area contributed by atoms with Gasteiger partial charge in [-0.25, -0.2) is 9.18 Å². The van der Waals surface area contributed by atoms with Crippen LogP contribution in [0.5, 0.6) is 0 Å². The lowest BCUT2D eigenvalue weighted by Crippen LogP contribution is -2.57. The Hall–Kier alpha value is -2.58. The second-order valence-corrected chi connectivity index (χ2v) is 5.88. The molecule has 0 aromatic heterocycles. The fourth-order valence-corrected chi connectivity index (χ4v) is 3.16. The summed E-state index contributed by atoms with van der Waals surface area (Å²) in [6, 6.07) is 2.72. The number of likely N-dealkylation sites (N-methyl/N-ethyl adjacent to an activating group) is 1. The Morgan fingerprint density at radius 3 is 2.56 bits per heavy atom. The number of benzene rings is 1. The van der Waals surface area contributed by atoms with Gasteiger partial charge in [0.25, 0.3) is 11.8 Å². The molecule has 25 heavy (non-hydrogen) atoms. The molecule has 4 amide bonds. The van der Waals surface area contributed by atoms with E-state index in [1.165, 1.54) is 17.0 Å². The standard InChI is InChI=1S/C16H16F3N3O3/c1-2-21-13(23)12-9-20(7-8-22(12)15(21)25)14(24)16(18,19)10-5-3-4-6-11(10)17/h3-6,12H,2,7-9H2,1H3. The zero-order valence-electron chi connectivity index (χ0n) is 13.4. The van der Waals surface area contributed by atoms with Crippen molar-refractivity contribution in [1.29, 1.82) is 0 Å². The van der Waals surface area contributed by atoms with Crippen LogP contribution in [0.4, 0.5) is 18.0 Å². The Bertz CT molecular complexity index is 740. The van der Waals surface area contributed by atoms with E-state index in [1.54, 1.807) is 6.92 Å². The minimum Gasteiger partial charge on any atom is -0.333 e. The summed E-state index contributed by atoms with van der Waals surface area (Å²) in [6.07, 6.45) is 0. The molecule has 6 nitrogen and oxygen atoms in total. The Morgan fingerprint density at radius 2 is 1.92 bits per heavy atom. The van der Waals surface area contributed by atoms with Crippen molar-refractivity contribution >= 4 is 17.8 Å². The molecule has 2 fully saturated rings. The van der Waals surface area contributed by atoms with E-state index in [1.807, 2.05) is 0 Å². The van der Waals surface area contributed by atoms with Crippen LogP contribution in [0.1, 0.15) is 12.5 Å². The van der Waals surface area contributed by atoms with Crippen LogP contribution in [0.15, 0.2) is 24.3 Å². The third-order valence-electron chi connectivity index (χ3n) is 4.49. The van der Waals surface area contributed by atoms with Crippen LogP contribution in [-0.4, -0.2) is 64.8 Å². The Morgan fingerprint density at radius 1 is 1.24 bits per heavy atom. The van der Waals surface area contributed by atoms with Gasteiger partial charge in [0.1, 0.15) is 11.9 Å². The molecule has 134 valence electrons. The van der Waals surface area contributed by atoms with Crippen molar-refractivity contribution in [2.24, 2.45) is 0 Å². The maximum Gasteiger partial charge on any atom is 0.352 e. The molecule has 9 heteroatoms. The van der Waals surface area contributed by atoms with Gasteiger partial charge in [0.15, 0.2) is 0 Å². The molecule has 0 spiro atoms. The van der Waals surface area contributed by atoms with Gasteiger partial charge >= 0.3 is 12.0 Å². The van der Waals surface area contributed by atoms with Crippen LogP contribution in [0.25, 0.3) is 0 Å². The van der Waals surface area contributed by atoms with Crippen LogP contribution in [0.2, 0.25) is 0 Å². The van der Waals surface area contributed by atoms with Gasteiger partial charge in [-0.2, -0.15) is 8.78 Å². The highest BCUT2D eigenvalue weighted by molar-refractivity contribution is 6.04. The smallest absolute Gasteiger partial charge is 0.333 e. The van der Waals surface area contributed by atoms with E-state index in [0.717, 1.165) is 21.9 Å². The highest BCUT2D eigenvalue weighted by Crippen LogP contribution is 2.33. The molecule has 1 atom stereocenters. The number of piperazine rings is 1. The minimum atomic E-state index is -4.05. The predicted molar refractivity (Wildman–Crippen MR) is 80.2 cm³/mol. The van der Waals surface area contributed by atoms with Gasteiger partial charge in [-0.15, -0.1) is 0 Å². The number of imide groups is 1. The first-order valence-corrected chi connectivity index (χ1v) is 7.83. The minimum absolute atomic E-state index is 0.0230. The number of halogens is 3. The summed E-state index contributed by atoms with van der Waals surface area (Å²) in [4.78, 5) is 39.6. The number of carbonyl (C=O) groups is 3. The van der Waals surface area contributed by atoms with E-state index in [-0.39, 0.29) is 26.2 Å². The molecule has 0 bridgehead atoms. The first-order valence-electron chi connectivity index (χ1n) is 7.83. The Kier molecular flexibility index (Phi) is 4.18. The van der Waals surface area contributed by atoms with Crippen molar-refractivity contribution in [1.82, 2.24) is 14.7 Å². The quantitative estimate of drug-likeness (QED) is 0.771. The van der Waals surface area contributed by atoms with E-state index < -0.39 is 41.2 Å². The number of hydrogen-bond donors (Lipinski definition) is 0. The van der Waals surface area contributed by atoms with Crippen LogP contribution in [-0.2, 0) is 15.5 Å². The fourth-order valence-electron chi connectivity index (χ4n) is 3.16. The number of amides is 4. The van der Waals surface area contributed by atoms with E-state index in [4.69, 9.17) is 0 Å². The molecule has 2 aliphatic heterocycles. The summed E-state index contributed by atoms with van der Waals surface area (Å²) < 4.78 is 42.6. The van der Waals surface area contributed by atoms with Crippen molar-refractivity contribution < 1.29 is 27.6 Å². The zero-order valence-corrected chi connectivity index (χ0v) is 13.4. The molecule has 1 unspecified atom stereocenters. The second-order valence-electron chi connectivity index (χ2n) is 5.88. The monoisotopic (exact) mass is 355 g/mol. The summed E-state index contributed by atoms with van der Waals surface area (Å²) in [5.41, 5.74) is -1.01. The van der Waals surface area contributed by atoms with Crippen molar-refractivity contribution in [3.8, 4) is 0 Å². The molecule has 0 aliphatic carbocycles. The largest absolute Gasteiger partial charge is 0.352 e. The average molecular weight is 355 g/mol. The fraction of sp³-hybridized carbons (Fsp3) is 0.438. The Balaban J connectivity index is 1.82. The van der Waals surface area contributed by atoms with Gasteiger partial charge in [-0.3, -0.25) is 14.5 Å². The van der Waals surface area contributed by atoms with Crippen molar-refractivity contribution in [2.75, 3.05) is 26.2 Å². The van der Waals surface area contributed by atoms with Gasteiger partial charge in [-0.1, -0.05) is 12.1 Å². The maximum atomic E-state index is 14.4. The van der Waals surface area contributed by atoms with Gasteiger partial charge in [-0.05, 0) is 19.1 Å². The summed E-state index contributed by atoms with van der Waals surface area (Å²) in [6.45, 7) is 1.30. The normalized spacial score (nSPS) is 21.0. The lowest BCUT2D eigenvalue weighted by atomic mass is 10.1. The number of nitrogens with zero attached hydrogens (tertiary/aromatic N) is 3. The average Bonchev–Trinajstić information content (AvgIpc) is 2.84. The molecule has 0 saturated carbocycles. The summed E-state index contributed by atoms with van der Waals surface area (Å²) in [5, 5.41) is 0. The number of carbonyl (C=O) groups excluding carboxylic acids is 3. The number of hydrogen-bond acceptors (Lipinski definition) is 3. The van der Waals surface area contributed by atoms with Crippen LogP contribution < -0.4 is 0 Å². The van der Waals surface area contributed by atoms with Crippen LogP contribution >= 0.6 is 0 Å². The molecular weight excluding hydrogens is 339 g/mol. The highest BCUT2D eigenvalue weighted by Gasteiger charge is 2.52. The molecule has 2 saturated heterocycles. The van der Waals surface area contributed by atoms with E-state index >= 15 is 0 Å². The van der Waals surface area contributed by atoms with Gasteiger partial charge in [0.05, 0.1) is 12.1 Å². The molecule has 1 aromatic rings. The molecule has 3 rings (SSSR count). The van der Waals surface area contributed by atoms with Crippen molar-refractivity contribution in [3.63, 3.8) is 0 Å². The molecule has 2 heterocycles. The lowest BCUT2D eigenvalue weighted by Gasteiger charge is -2.36. The van der Waals surface area contributed by atoms with Gasteiger partial charge in [0, 0.05) is 19.6 Å². The highest BCUT2D eigenvalue weighted by atomic mass is 19.3. The van der Waals surface area contributed by atoms with E-state index in [9.17, 15) is 27.6 Å². The first-order chi connectivity index (χ1) is 11.8. The van der Waals surface area contributed by atoms with Crippen LogP contribution in [0, 0.1) is 5.82 Å². The van der Waals surface area contributed by atoms with Gasteiger partial charge in [0.2, 0.25) is 0 Å². The first kappa shape index (κ1) is 17.2. The van der Waals surface area contributed by atoms with Crippen molar-refractivity contribution in [3.05, 3.63) is 35.6 Å². The predicted octanol–water partition coefficient (Wildman–Crippen LogP) is 1.41. The summed E-state index contributed by atoms with van der Waals surface area (Å²) in [7, 11) is 0. The lowest BCUT2D eigenvalue weighted by molar-refractivity contribution is -0.162. The number of urea groups is 1. The topological polar surface area (TPSA) is 60.9 Å². The molecule has 0 radical (unpaired) electrons. The Labute approximate surface area is 141 Å². The zero-order chi connectivity index (χ0) is 18.4. The van der Waals surface area contributed by atoms with Crippen molar-refractivity contribution in [2.45, 2.75) is 18.9 Å². The SMILES string of the molecule is CCN1C(=O)C2CN(C(=O)C(F)(F)c3ccccc3F)CCN2C1=O. The summed E-state index contributed by atoms with van der Waals surface area (Å²) >= 11 is 0. The summed E-state index contributed by atoms with van der Waals surface area (Å²) in [5.74, 6) is -7.32. The van der Waals surface area contributed by atoms with Crippen LogP contribution in [0.3, 0.4) is 0 Å². The molecule has 1 aromatic carbocycles. The molecule has 0 N–H and O–H groups in total. The second kappa shape index (κ2) is 6.05. The number of fused-ring (bicyclic) bond motifs is 1. The maximum absolute atomic E-state index is 14.4. The van der Waals surface area contributed by atoms with Gasteiger partial charge < -0.3 is 9.80 Å². The third-order valence-corrected chi connectivity index (χ3v) is 4.49. The number of rotatable bonds is 3. The molecular formula is C16H16F3N3O3. The molecule has 2 aliphatic rings. The third kappa shape index (κ3) is 2.63. The van der Waals surface area contributed by atoms with E-state index in [0.29, 0.717) is 0 Å². The van der Waals surface area contributed by atoms with E-state index in [2.05, 4.69) is 0 Å². The number of alkyl halides is 2.